The Labute approximate surface area is 198 Å². The molecule has 0 aliphatic carbocycles. The average Bonchev–Trinajstić information content (AvgIpc) is 3.26. The van der Waals surface area contributed by atoms with Gasteiger partial charge in [-0.2, -0.15) is 5.10 Å². The van der Waals surface area contributed by atoms with E-state index in [2.05, 4.69) is 18.5 Å². The minimum atomic E-state index is 0.489. The van der Waals surface area contributed by atoms with Gasteiger partial charge in [-0.3, -0.25) is 4.99 Å². The van der Waals surface area contributed by atoms with Crippen LogP contribution in [0.3, 0.4) is 0 Å². The quantitative estimate of drug-likeness (QED) is 0.311. The summed E-state index contributed by atoms with van der Waals surface area (Å²) in [5.41, 5.74) is 3.52. The molecule has 0 bridgehead atoms. The van der Waals surface area contributed by atoms with E-state index in [-0.39, 0.29) is 0 Å². The van der Waals surface area contributed by atoms with E-state index in [4.69, 9.17) is 24.0 Å². The van der Waals surface area contributed by atoms with Gasteiger partial charge in [-0.25, -0.2) is 4.68 Å². The molecule has 0 amide bonds. The van der Waals surface area contributed by atoms with Crippen molar-refractivity contribution in [3.05, 3.63) is 64.8 Å². The van der Waals surface area contributed by atoms with Crippen LogP contribution in [0.15, 0.2) is 64.5 Å². The number of rotatable bonds is 10. The smallest absolute Gasteiger partial charge is 0.206 e. The lowest BCUT2D eigenvalue weighted by Crippen LogP contribution is -2.15. The van der Waals surface area contributed by atoms with Crippen LogP contribution in [0.1, 0.15) is 18.9 Å². The van der Waals surface area contributed by atoms with Crippen LogP contribution in [0.25, 0.3) is 11.3 Å². The lowest BCUT2D eigenvalue weighted by Gasteiger charge is -2.13. The molecule has 0 radical (unpaired) electrons. The van der Waals surface area contributed by atoms with E-state index in [1.54, 1.807) is 34.5 Å². The number of thiazole rings is 1. The highest BCUT2D eigenvalue weighted by atomic mass is 32.1. The number of aromatic nitrogens is 1. The summed E-state index contributed by atoms with van der Waals surface area (Å²) in [4.78, 5) is 5.40. The van der Waals surface area contributed by atoms with Gasteiger partial charge in [0.25, 0.3) is 0 Å². The molecule has 0 atom stereocenters. The Morgan fingerprint density at radius 1 is 0.970 bits per heavy atom. The molecule has 0 saturated heterocycles. The van der Waals surface area contributed by atoms with E-state index in [1.165, 1.54) is 11.3 Å². The molecule has 2 aromatic carbocycles. The Balaban J connectivity index is 2.24. The second-order valence-corrected chi connectivity index (χ2v) is 7.72. The number of hydrogen-bond donors (Lipinski definition) is 0. The summed E-state index contributed by atoms with van der Waals surface area (Å²) in [5.74, 6) is 2.77. The zero-order chi connectivity index (χ0) is 23.8. The first-order chi connectivity index (χ1) is 16.1. The van der Waals surface area contributed by atoms with Crippen molar-refractivity contribution in [2.45, 2.75) is 13.3 Å². The SMILES string of the molecule is C=CCN=c1scc(-c2cc(OC)ccc2OC)n1N=C(CC)c1ccc(OC)c(OC)c1. The van der Waals surface area contributed by atoms with Crippen LogP contribution in [0.4, 0.5) is 0 Å². The largest absolute Gasteiger partial charge is 0.497 e. The van der Waals surface area contributed by atoms with Crippen LogP contribution in [0, 0.1) is 0 Å². The molecular weight excluding hydrogens is 438 g/mol. The van der Waals surface area contributed by atoms with Gasteiger partial charge in [0.05, 0.1) is 46.4 Å². The standard InChI is InChI=1S/C25H29N3O4S/c1-7-13-26-25-28(21(16-33-25)19-15-18(29-3)10-12-22(19)30-4)27-20(8-2)17-9-11-23(31-5)24(14-17)32-6/h7,9-12,14-16H,1,8,13H2,2-6H3. The monoisotopic (exact) mass is 467 g/mol. The molecule has 0 aliphatic rings. The Kier molecular flexibility index (Phi) is 8.32. The molecule has 0 saturated carbocycles. The molecule has 0 N–H and O–H groups in total. The van der Waals surface area contributed by atoms with E-state index in [0.717, 1.165) is 38.8 Å². The molecule has 8 heteroatoms. The minimum Gasteiger partial charge on any atom is -0.497 e. The van der Waals surface area contributed by atoms with Crippen LogP contribution >= 0.6 is 11.3 Å². The third-order valence-electron chi connectivity index (χ3n) is 5.00. The van der Waals surface area contributed by atoms with Gasteiger partial charge in [-0.05, 0) is 42.8 Å². The van der Waals surface area contributed by atoms with Crippen molar-refractivity contribution in [2.24, 2.45) is 10.1 Å². The summed E-state index contributed by atoms with van der Waals surface area (Å²) in [6.07, 6.45) is 2.46. The fourth-order valence-corrected chi connectivity index (χ4v) is 4.15. The summed E-state index contributed by atoms with van der Waals surface area (Å²) < 4.78 is 23.8. The molecule has 0 spiro atoms. The number of nitrogens with zero attached hydrogens (tertiary/aromatic N) is 3. The fraction of sp³-hybridized carbons (Fsp3) is 0.280. The average molecular weight is 468 g/mol. The van der Waals surface area contributed by atoms with Gasteiger partial charge < -0.3 is 18.9 Å². The predicted molar refractivity (Wildman–Crippen MR) is 133 cm³/mol. The van der Waals surface area contributed by atoms with Gasteiger partial charge in [0.15, 0.2) is 11.5 Å². The van der Waals surface area contributed by atoms with Crippen molar-refractivity contribution in [1.82, 2.24) is 4.68 Å². The second-order valence-electron chi connectivity index (χ2n) is 6.88. The normalized spacial score (nSPS) is 11.9. The van der Waals surface area contributed by atoms with Gasteiger partial charge in [0.2, 0.25) is 4.80 Å². The molecule has 3 rings (SSSR count). The van der Waals surface area contributed by atoms with Gasteiger partial charge in [-0.15, -0.1) is 17.9 Å². The number of benzene rings is 2. The first-order valence-corrected chi connectivity index (χ1v) is 11.3. The van der Waals surface area contributed by atoms with Gasteiger partial charge in [-0.1, -0.05) is 13.0 Å². The van der Waals surface area contributed by atoms with Gasteiger partial charge in [0, 0.05) is 16.5 Å². The molecule has 1 aromatic heterocycles. The Hall–Kier alpha value is -3.52. The lowest BCUT2D eigenvalue weighted by molar-refractivity contribution is 0.355. The van der Waals surface area contributed by atoms with Crippen molar-refractivity contribution in [2.75, 3.05) is 35.0 Å². The second kappa shape index (κ2) is 11.4. The van der Waals surface area contributed by atoms with Gasteiger partial charge in [0.1, 0.15) is 11.5 Å². The fourth-order valence-electron chi connectivity index (χ4n) is 3.32. The summed E-state index contributed by atoms with van der Waals surface area (Å²) >= 11 is 1.51. The molecule has 33 heavy (non-hydrogen) atoms. The highest BCUT2D eigenvalue weighted by Gasteiger charge is 2.16. The topological polar surface area (TPSA) is 66.6 Å². The molecular formula is C25H29N3O4S. The highest BCUT2D eigenvalue weighted by Crippen LogP contribution is 2.34. The van der Waals surface area contributed by atoms with Crippen LogP contribution < -0.4 is 23.7 Å². The maximum atomic E-state index is 5.63. The summed E-state index contributed by atoms with van der Waals surface area (Å²) in [6, 6.07) is 11.5. The highest BCUT2D eigenvalue weighted by molar-refractivity contribution is 7.07. The van der Waals surface area contributed by atoms with Crippen molar-refractivity contribution in [3.63, 3.8) is 0 Å². The van der Waals surface area contributed by atoms with Crippen LogP contribution in [0.2, 0.25) is 0 Å². The van der Waals surface area contributed by atoms with E-state index in [0.29, 0.717) is 24.5 Å². The Bertz CT molecular complexity index is 1210. The van der Waals surface area contributed by atoms with E-state index in [9.17, 15) is 0 Å². The van der Waals surface area contributed by atoms with Gasteiger partial charge >= 0.3 is 0 Å². The third kappa shape index (κ3) is 5.28. The van der Waals surface area contributed by atoms with Crippen LogP contribution in [0.5, 0.6) is 23.0 Å². The van der Waals surface area contributed by atoms with E-state index >= 15 is 0 Å². The zero-order valence-corrected chi connectivity index (χ0v) is 20.4. The van der Waals surface area contributed by atoms with Crippen molar-refractivity contribution < 1.29 is 18.9 Å². The van der Waals surface area contributed by atoms with Crippen molar-refractivity contribution in [3.8, 4) is 34.3 Å². The number of ether oxygens (including phenoxy) is 4. The number of methoxy groups -OCH3 is 4. The molecule has 0 unspecified atom stereocenters. The van der Waals surface area contributed by atoms with Crippen molar-refractivity contribution in [1.29, 1.82) is 0 Å². The molecule has 0 aliphatic heterocycles. The predicted octanol–water partition coefficient (Wildman–Crippen LogP) is 5.00. The molecule has 3 aromatic rings. The van der Waals surface area contributed by atoms with E-state index < -0.39 is 0 Å². The van der Waals surface area contributed by atoms with Crippen LogP contribution in [-0.2, 0) is 0 Å². The lowest BCUT2D eigenvalue weighted by atomic mass is 10.1. The first kappa shape index (κ1) is 24.1. The minimum absolute atomic E-state index is 0.489. The maximum absolute atomic E-state index is 5.63. The van der Waals surface area contributed by atoms with E-state index in [1.807, 2.05) is 46.5 Å². The van der Waals surface area contributed by atoms with Crippen molar-refractivity contribution >= 4 is 17.0 Å². The zero-order valence-electron chi connectivity index (χ0n) is 19.6. The number of hydrogen-bond acceptors (Lipinski definition) is 7. The molecule has 1 heterocycles. The molecule has 174 valence electrons. The summed E-state index contributed by atoms with van der Waals surface area (Å²) in [7, 11) is 6.53. The Morgan fingerprint density at radius 2 is 1.70 bits per heavy atom. The maximum Gasteiger partial charge on any atom is 0.206 e. The Morgan fingerprint density at radius 3 is 2.33 bits per heavy atom. The third-order valence-corrected chi connectivity index (χ3v) is 5.85. The summed E-state index contributed by atoms with van der Waals surface area (Å²) in [6.45, 7) is 6.34. The summed E-state index contributed by atoms with van der Waals surface area (Å²) in [5, 5.41) is 7.04. The first-order valence-electron chi connectivity index (χ1n) is 10.4. The molecule has 0 fully saturated rings. The van der Waals surface area contributed by atoms with Crippen LogP contribution in [-0.4, -0.2) is 45.4 Å². The molecule has 7 nitrogen and oxygen atoms in total.